The van der Waals surface area contributed by atoms with Gasteiger partial charge in [-0.1, -0.05) is 59.8 Å². The summed E-state index contributed by atoms with van der Waals surface area (Å²) in [5.74, 6) is 1.54. The smallest absolute Gasteiger partial charge is 0.247 e. The lowest BCUT2D eigenvalue weighted by molar-refractivity contribution is 0.224. The molecule has 0 aliphatic carbocycles. The van der Waals surface area contributed by atoms with Gasteiger partial charge in [0.05, 0.1) is 7.11 Å². The minimum atomic E-state index is -0.587. The Kier molecular flexibility index (Phi) is 5.75. The summed E-state index contributed by atoms with van der Waals surface area (Å²) in [6, 6.07) is 21.3. The topological polar surface area (TPSA) is 89.4 Å². The average molecular weight is 459 g/mol. The van der Waals surface area contributed by atoms with E-state index in [-0.39, 0.29) is 5.75 Å². The van der Waals surface area contributed by atoms with E-state index >= 15 is 0 Å². The predicted octanol–water partition coefficient (Wildman–Crippen LogP) is 5.36. The Hall–Kier alpha value is -3.78. The maximum absolute atomic E-state index is 10.3. The molecule has 8 heteroatoms. The van der Waals surface area contributed by atoms with E-state index in [1.165, 1.54) is 30.0 Å². The highest BCUT2D eigenvalue weighted by Gasteiger charge is 2.26. The standard InChI is InChI=1S/C25H22N4O3S/c1-15-7-9-16(10-8-15)14-33-25-27-24-22(28-29-25)18-5-3-4-6-19(18)26-23(32-24)17-11-12-21(31-2)20(30)13-17/h3-13,23,26,30H,14H2,1-2H3. The number of fused-ring (bicyclic) bond motifs is 3. The number of hydrogen-bond donors (Lipinski definition) is 2. The Morgan fingerprint density at radius 1 is 1.06 bits per heavy atom. The third kappa shape index (κ3) is 4.42. The first-order valence-electron chi connectivity index (χ1n) is 10.4. The van der Waals surface area contributed by atoms with Crippen molar-refractivity contribution in [3.05, 3.63) is 83.4 Å². The van der Waals surface area contributed by atoms with Gasteiger partial charge in [-0.3, -0.25) is 0 Å². The number of nitrogens with zero attached hydrogens (tertiary/aromatic N) is 3. The van der Waals surface area contributed by atoms with Gasteiger partial charge in [0.1, 0.15) is 0 Å². The quantitative estimate of drug-likeness (QED) is 0.387. The van der Waals surface area contributed by atoms with Gasteiger partial charge >= 0.3 is 0 Å². The van der Waals surface area contributed by atoms with E-state index in [1.807, 2.05) is 30.3 Å². The van der Waals surface area contributed by atoms with Crippen molar-refractivity contribution >= 4 is 17.4 Å². The van der Waals surface area contributed by atoms with Gasteiger partial charge in [-0.2, -0.15) is 4.98 Å². The van der Waals surface area contributed by atoms with Crippen molar-refractivity contribution in [2.24, 2.45) is 0 Å². The van der Waals surface area contributed by atoms with Gasteiger partial charge in [0.25, 0.3) is 0 Å². The zero-order valence-corrected chi connectivity index (χ0v) is 19.0. The van der Waals surface area contributed by atoms with Crippen LogP contribution in [0.15, 0.2) is 71.9 Å². The van der Waals surface area contributed by atoms with Gasteiger partial charge in [0.15, 0.2) is 23.4 Å². The fourth-order valence-corrected chi connectivity index (χ4v) is 4.30. The fourth-order valence-electron chi connectivity index (χ4n) is 3.56. The summed E-state index contributed by atoms with van der Waals surface area (Å²) < 4.78 is 11.4. The molecule has 1 atom stereocenters. The van der Waals surface area contributed by atoms with Crippen LogP contribution in [0.1, 0.15) is 22.9 Å². The third-order valence-corrected chi connectivity index (χ3v) is 6.24. The minimum absolute atomic E-state index is 0.0355. The van der Waals surface area contributed by atoms with Crippen molar-refractivity contribution in [1.82, 2.24) is 15.2 Å². The van der Waals surface area contributed by atoms with Crippen molar-refractivity contribution in [1.29, 1.82) is 0 Å². The number of phenols is 1. The molecule has 2 heterocycles. The minimum Gasteiger partial charge on any atom is -0.504 e. The molecule has 166 valence electrons. The van der Waals surface area contributed by atoms with E-state index in [0.29, 0.717) is 22.5 Å². The molecule has 1 aromatic heterocycles. The highest BCUT2D eigenvalue weighted by Crippen LogP contribution is 2.40. The van der Waals surface area contributed by atoms with Crippen molar-refractivity contribution in [3.63, 3.8) is 0 Å². The molecule has 0 fully saturated rings. The Labute approximate surface area is 195 Å². The molecule has 3 aromatic carbocycles. The molecule has 4 aromatic rings. The number of ether oxygens (including phenoxy) is 2. The highest BCUT2D eigenvalue weighted by atomic mass is 32.2. The summed E-state index contributed by atoms with van der Waals surface area (Å²) in [5, 5.41) is 23.0. The molecular weight excluding hydrogens is 436 g/mol. The third-order valence-electron chi connectivity index (χ3n) is 5.33. The number of rotatable bonds is 5. The van der Waals surface area contributed by atoms with Crippen molar-refractivity contribution in [3.8, 4) is 28.6 Å². The van der Waals surface area contributed by atoms with Crippen LogP contribution < -0.4 is 14.8 Å². The first kappa shape index (κ1) is 21.1. The number of nitrogens with one attached hydrogen (secondary N) is 1. The Morgan fingerprint density at radius 3 is 2.67 bits per heavy atom. The molecule has 1 unspecified atom stereocenters. The summed E-state index contributed by atoms with van der Waals surface area (Å²) in [6.45, 7) is 2.07. The average Bonchev–Trinajstić information content (AvgIpc) is 3.00. The van der Waals surface area contributed by atoms with Gasteiger partial charge in [-0.25, -0.2) is 0 Å². The molecule has 0 saturated carbocycles. The lowest BCUT2D eigenvalue weighted by atomic mass is 10.1. The molecule has 1 aliphatic heterocycles. The van der Waals surface area contributed by atoms with Crippen LogP contribution in [-0.4, -0.2) is 27.4 Å². The highest BCUT2D eigenvalue weighted by molar-refractivity contribution is 7.98. The van der Waals surface area contributed by atoms with Crippen molar-refractivity contribution in [2.75, 3.05) is 12.4 Å². The second-order valence-corrected chi connectivity index (χ2v) is 8.58. The second-order valence-electron chi connectivity index (χ2n) is 7.64. The normalized spacial score (nSPS) is 14.3. The van der Waals surface area contributed by atoms with Crippen molar-refractivity contribution < 1.29 is 14.6 Å². The first-order chi connectivity index (χ1) is 16.1. The molecule has 0 bridgehead atoms. The molecule has 0 saturated heterocycles. The van der Waals surface area contributed by atoms with Crippen LogP contribution >= 0.6 is 11.8 Å². The van der Waals surface area contributed by atoms with Crippen molar-refractivity contribution in [2.45, 2.75) is 24.1 Å². The lowest BCUT2D eigenvalue weighted by Crippen LogP contribution is -2.17. The molecule has 0 spiro atoms. The number of methoxy groups -OCH3 is 1. The van der Waals surface area contributed by atoms with E-state index in [4.69, 9.17) is 9.47 Å². The molecule has 7 nitrogen and oxygen atoms in total. The van der Waals surface area contributed by atoms with Gasteiger partial charge in [0, 0.05) is 22.6 Å². The number of phenolic OH excluding ortho intramolecular Hbond substituents is 1. The van der Waals surface area contributed by atoms with Crippen LogP contribution in [0.25, 0.3) is 11.3 Å². The lowest BCUT2D eigenvalue weighted by Gasteiger charge is -2.20. The van der Waals surface area contributed by atoms with Crippen LogP contribution in [0.2, 0.25) is 0 Å². The Balaban J connectivity index is 1.48. The second kappa shape index (κ2) is 8.99. The largest absolute Gasteiger partial charge is 0.504 e. The number of aromatic hydroxyl groups is 1. The zero-order valence-electron chi connectivity index (χ0n) is 18.1. The van der Waals surface area contributed by atoms with E-state index in [9.17, 15) is 5.11 Å². The number of hydrogen-bond acceptors (Lipinski definition) is 8. The monoisotopic (exact) mass is 458 g/mol. The van der Waals surface area contributed by atoms with E-state index in [2.05, 4.69) is 51.7 Å². The molecular formula is C25H22N4O3S. The maximum Gasteiger partial charge on any atom is 0.247 e. The number of aromatic nitrogens is 3. The number of anilines is 1. The van der Waals surface area contributed by atoms with Crippen LogP contribution in [0.5, 0.6) is 17.4 Å². The summed E-state index contributed by atoms with van der Waals surface area (Å²) in [4.78, 5) is 4.68. The molecule has 33 heavy (non-hydrogen) atoms. The molecule has 0 amide bonds. The van der Waals surface area contributed by atoms with Crippen LogP contribution in [0, 0.1) is 6.92 Å². The fraction of sp³-hybridized carbons (Fsp3) is 0.160. The van der Waals surface area contributed by atoms with Gasteiger partial charge in [-0.15, -0.1) is 10.2 Å². The summed E-state index contributed by atoms with van der Waals surface area (Å²) in [5.41, 5.74) is 5.39. The summed E-state index contributed by atoms with van der Waals surface area (Å²) >= 11 is 1.50. The van der Waals surface area contributed by atoms with Gasteiger partial charge in [-0.05, 0) is 36.8 Å². The molecule has 2 N–H and O–H groups in total. The van der Waals surface area contributed by atoms with Gasteiger partial charge < -0.3 is 19.9 Å². The summed E-state index contributed by atoms with van der Waals surface area (Å²) in [6.07, 6.45) is -0.587. The number of para-hydroxylation sites is 1. The molecule has 1 aliphatic rings. The SMILES string of the molecule is COc1ccc(C2Nc3ccccc3-c3nnc(SCc4ccc(C)cc4)nc3O2)cc1O. The first-order valence-corrected chi connectivity index (χ1v) is 11.4. The zero-order chi connectivity index (χ0) is 22.8. The molecule has 5 rings (SSSR count). The number of aryl methyl sites for hydroxylation is 1. The van der Waals surface area contributed by atoms with E-state index in [1.54, 1.807) is 12.1 Å². The predicted molar refractivity (Wildman–Crippen MR) is 128 cm³/mol. The van der Waals surface area contributed by atoms with Gasteiger partial charge in [0.2, 0.25) is 11.0 Å². The Bertz CT molecular complexity index is 1300. The Morgan fingerprint density at radius 2 is 1.88 bits per heavy atom. The van der Waals surface area contributed by atoms with E-state index in [0.717, 1.165) is 22.6 Å². The number of thioether (sulfide) groups is 1. The van der Waals surface area contributed by atoms with Crippen LogP contribution in [0.4, 0.5) is 5.69 Å². The van der Waals surface area contributed by atoms with E-state index < -0.39 is 6.23 Å². The van der Waals surface area contributed by atoms with Crippen LogP contribution in [-0.2, 0) is 5.75 Å². The molecule has 0 radical (unpaired) electrons. The summed E-state index contributed by atoms with van der Waals surface area (Å²) in [7, 11) is 1.51. The number of benzene rings is 3. The maximum atomic E-state index is 10.3. The van der Waals surface area contributed by atoms with Crippen LogP contribution in [0.3, 0.4) is 0 Å².